The van der Waals surface area contributed by atoms with Crippen molar-refractivity contribution in [1.29, 1.82) is 0 Å². The first-order valence-electron chi connectivity index (χ1n) is 8.66. The molecule has 0 bridgehead atoms. The summed E-state index contributed by atoms with van der Waals surface area (Å²) in [6.07, 6.45) is 6.86. The van der Waals surface area contributed by atoms with E-state index in [-0.39, 0.29) is 17.4 Å². The number of hydrogen-bond acceptors (Lipinski definition) is 3. The van der Waals surface area contributed by atoms with Crippen molar-refractivity contribution < 1.29 is 4.79 Å². The molecule has 1 aromatic rings. The van der Waals surface area contributed by atoms with Crippen LogP contribution >= 0.6 is 0 Å². The highest BCUT2D eigenvalue weighted by Crippen LogP contribution is 2.38. The zero-order valence-electron chi connectivity index (χ0n) is 14.1. The maximum Gasteiger partial charge on any atom is 0.254 e. The normalized spacial score (nSPS) is 20.5. The number of amides is 1. The van der Waals surface area contributed by atoms with E-state index in [0.717, 1.165) is 24.3 Å². The van der Waals surface area contributed by atoms with Gasteiger partial charge in [0.25, 0.3) is 5.91 Å². The predicted octanol–water partition coefficient (Wildman–Crippen LogP) is 2.38. The highest BCUT2D eigenvalue weighted by Gasteiger charge is 2.44. The molecule has 0 aliphatic carbocycles. The molecule has 0 radical (unpaired) electrons. The first-order valence-corrected chi connectivity index (χ1v) is 8.66. The zero-order chi connectivity index (χ0) is 15.7. The number of nitrogens with zero attached hydrogens (tertiary/aromatic N) is 3. The fraction of sp³-hybridized carbons (Fsp3) is 0.765. The zero-order valence-corrected chi connectivity index (χ0v) is 14.1. The van der Waals surface area contributed by atoms with Gasteiger partial charge in [-0.3, -0.25) is 14.4 Å². The first-order chi connectivity index (χ1) is 10.6. The number of aryl methyl sites for hydroxylation is 1. The molecule has 1 aromatic heterocycles. The topological polar surface area (TPSA) is 50.2 Å². The van der Waals surface area contributed by atoms with Crippen LogP contribution in [0.15, 0.2) is 6.20 Å². The molecule has 3 rings (SSSR count). The van der Waals surface area contributed by atoms with Crippen molar-refractivity contribution in [2.45, 2.75) is 64.5 Å². The fourth-order valence-electron chi connectivity index (χ4n) is 4.05. The van der Waals surface area contributed by atoms with Gasteiger partial charge in [-0.1, -0.05) is 13.8 Å². The molecular weight excluding hydrogens is 276 g/mol. The third kappa shape index (κ3) is 2.67. The van der Waals surface area contributed by atoms with Gasteiger partial charge in [-0.25, -0.2) is 0 Å². The minimum absolute atomic E-state index is 0.0384. The van der Waals surface area contributed by atoms with Gasteiger partial charge in [-0.15, -0.1) is 0 Å². The maximum atomic E-state index is 12.7. The van der Waals surface area contributed by atoms with Crippen LogP contribution in [0, 0.1) is 0 Å². The summed E-state index contributed by atoms with van der Waals surface area (Å²) in [6, 6.07) is 0. The van der Waals surface area contributed by atoms with E-state index in [1.165, 1.54) is 38.8 Å². The van der Waals surface area contributed by atoms with E-state index >= 15 is 0 Å². The third-order valence-electron chi connectivity index (χ3n) is 5.29. The molecule has 5 nitrogen and oxygen atoms in total. The van der Waals surface area contributed by atoms with Crippen molar-refractivity contribution in [3.8, 4) is 0 Å². The molecule has 2 fully saturated rings. The van der Waals surface area contributed by atoms with Gasteiger partial charge in [0.15, 0.2) is 0 Å². The molecular formula is C17H28N4O. The fourth-order valence-corrected chi connectivity index (χ4v) is 4.05. The van der Waals surface area contributed by atoms with Gasteiger partial charge in [0.05, 0.1) is 11.3 Å². The van der Waals surface area contributed by atoms with E-state index in [1.54, 1.807) is 0 Å². The van der Waals surface area contributed by atoms with Crippen molar-refractivity contribution in [3.63, 3.8) is 0 Å². The van der Waals surface area contributed by atoms with Crippen LogP contribution in [0.5, 0.6) is 0 Å². The predicted molar refractivity (Wildman–Crippen MR) is 87.1 cm³/mol. The summed E-state index contributed by atoms with van der Waals surface area (Å²) in [5.74, 6) is 0.303. The van der Waals surface area contributed by atoms with Crippen LogP contribution in [-0.2, 0) is 6.54 Å². The van der Waals surface area contributed by atoms with Gasteiger partial charge in [-0.2, -0.15) is 5.10 Å². The molecule has 3 heterocycles. The summed E-state index contributed by atoms with van der Waals surface area (Å²) >= 11 is 0. The summed E-state index contributed by atoms with van der Waals surface area (Å²) < 4.78 is 1.86. The van der Waals surface area contributed by atoms with Gasteiger partial charge in [-0.05, 0) is 51.6 Å². The van der Waals surface area contributed by atoms with Gasteiger partial charge in [0, 0.05) is 24.8 Å². The molecule has 0 spiro atoms. The Balaban J connectivity index is 1.71. The second kappa shape index (κ2) is 6.03. The van der Waals surface area contributed by atoms with E-state index in [0.29, 0.717) is 0 Å². The van der Waals surface area contributed by atoms with Crippen LogP contribution in [0.3, 0.4) is 0 Å². The number of nitrogens with one attached hydrogen (secondary N) is 1. The highest BCUT2D eigenvalue weighted by atomic mass is 16.1. The van der Waals surface area contributed by atoms with Gasteiger partial charge >= 0.3 is 0 Å². The van der Waals surface area contributed by atoms with Crippen molar-refractivity contribution in [1.82, 2.24) is 20.0 Å². The largest absolute Gasteiger partial charge is 0.350 e. The molecule has 0 aromatic carbocycles. The lowest BCUT2D eigenvalue weighted by Gasteiger charge is -2.32. The van der Waals surface area contributed by atoms with Gasteiger partial charge in [0.2, 0.25) is 0 Å². The van der Waals surface area contributed by atoms with Crippen LogP contribution in [0.2, 0.25) is 0 Å². The maximum absolute atomic E-state index is 12.7. The van der Waals surface area contributed by atoms with E-state index in [2.05, 4.69) is 29.2 Å². The van der Waals surface area contributed by atoms with Gasteiger partial charge in [0.1, 0.15) is 0 Å². The molecule has 22 heavy (non-hydrogen) atoms. The Kier molecular flexibility index (Phi) is 4.26. The minimum Gasteiger partial charge on any atom is -0.350 e. The average Bonchev–Trinajstić information content (AvgIpc) is 3.17. The summed E-state index contributed by atoms with van der Waals surface area (Å²) in [6.45, 7) is 10.2. The number of carbonyl (C=O) groups is 1. The molecule has 2 aliphatic rings. The molecule has 0 unspecified atom stereocenters. The van der Waals surface area contributed by atoms with Crippen molar-refractivity contribution in [2.24, 2.45) is 0 Å². The number of hydrogen-bond donors (Lipinski definition) is 1. The second-order valence-corrected chi connectivity index (χ2v) is 7.04. The summed E-state index contributed by atoms with van der Waals surface area (Å²) in [5.41, 5.74) is 1.89. The molecule has 1 N–H and O–H groups in total. The summed E-state index contributed by atoms with van der Waals surface area (Å²) in [5, 5.41) is 7.74. The van der Waals surface area contributed by atoms with E-state index in [9.17, 15) is 4.79 Å². The molecule has 1 amide bonds. The lowest BCUT2D eigenvalue weighted by atomic mass is 9.94. The average molecular weight is 304 g/mol. The van der Waals surface area contributed by atoms with Crippen molar-refractivity contribution >= 4 is 5.91 Å². The molecule has 2 aliphatic heterocycles. The SMILES string of the molecule is CCn1cc(C(=O)NCC23CCCN2CCC3)c(C(C)C)n1. The molecule has 5 heteroatoms. The number of aromatic nitrogens is 2. The number of carbonyl (C=O) groups excluding carboxylic acids is 1. The third-order valence-corrected chi connectivity index (χ3v) is 5.29. The number of rotatable bonds is 5. The van der Waals surface area contributed by atoms with Crippen LogP contribution in [0.1, 0.15) is 68.4 Å². The minimum atomic E-state index is 0.0384. The Morgan fingerprint density at radius 1 is 1.36 bits per heavy atom. The van der Waals surface area contributed by atoms with Crippen LogP contribution in [0.25, 0.3) is 0 Å². The van der Waals surface area contributed by atoms with Crippen molar-refractivity contribution in [3.05, 3.63) is 17.5 Å². The second-order valence-electron chi connectivity index (χ2n) is 7.04. The standard InChI is InChI=1S/C17H28N4O/c1-4-21-11-14(15(19-21)13(2)3)16(22)18-12-17-7-5-9-20(17)10-6-8-17/h11,13H,4-10,12H2,1-3H3,(H,18,22). The van der Waals surface area contributed by atoms with Crippen LogP contribution < -0.4 is 5.32 Å². The Morgan fingerprint density at radius 2 is 2.05 bits per heavy atom. The van der Waals surface area contributed by atoms with Crippen LogP contribution in [0.4, 0.5) is 0 Å². The lowest BCUT2D eigenvalue weighted by molar-refractivity contribution is 0.0918. The lowest BCUT2D eigenvalue weighted by Crippen LogP contribution is -2.48. The molecule has 2 saturated heterocycles. The Labute approximate surface area is 133 Å². The molecule has 0 saturated carbocycles. The summed E-state index contributed by atoms with van der Waals surface area (Å²) in [4.78, 5) is 15.2. The van der Waals surface area contributed by atoms with Crippen molar-refractivity contribution in [2.75, 3.05) is 19.6 Å². The quantitative estimate of drug-likeness (QED) is 0.908. The Bertz CT molecular complexity index is 539. The van der Waals surface area contributed by atoms with Gasteiger partial charge < -0.3 is 5.32 Å². The Hall–Kier alpha value is -1.36. The monoisotopic (exact) mass is 304 g/mol. The molecule has 122 valence electrons. The van der Waals surface area contributed by atoms with E-state index in [4.69, 9.17) is 0 Å². The Morgan fingerprint density at radius 3 is 2.64 bits per heavy atom. The summed E-state index contributed by atoms with van der Waals surface area (Å²) in [7, 11) is 0. The van der Waals surface area contributed by atoms with E-state index in [1.807, 2.05) is 17.8 Å². The van der Waals surface area contributed by atoms with Crippen LogP contribution in [-0.4, -0.2) is 45.8 Å². The molecule has 0 atom stereocenters. The highest BCUT2D eigenvalue weighted by molar-refractivity contribution is 5.95. The smallest absolute Gasteiger partial charge is 0.254 e. The van der Waals surface area contributed by atoms with E-state index < -0.39 is 0 Å². The first kappa shape index (κ1) is 15.5. The number of fused-ring (bicyclic) bond motifs is 1.